The summed E-state index contributed by atoms with van der Waals surface area (Å²) in [6, 6.07) is 27.6. The smallest absolute Gasteiger partial charge is 0.361 e. The number of piperidine rings is 1. The van der Waals surface area contributed by atoms with E-state index in [0.29, 0.717) is 13.1 Å². The number of likely N-dealkylation sites (tertiary alicyclic amines) is 1. The van der Waals surface area contributed by atoms with Gasteiger partial charge in [-0.25, -0.2) is 0 Å². The molecule has 0 unspecified atom stereocenters. The van der Waals surface area contributed by atoms with E-state index < -0.39 is 12.1 Å². The maximum absolute atomic E-state index is 13.2. The molecule has 2 aromatic heterocycles. The third-order valence-corrected chi connectivity index (χ3v) is 10.3. The molecule has 0 saturated carbocycles. The molecule has 45 heavy (non-hydrogen) atoms. The molecule has 8 heteroatoms. The molecule has 1 N–H and O–H groups in total. The third kappa shape index (κ3) is 6.14. The van der Waals surface area contributed by atoms with Crippen LogP contribution < -0.4 is 9.47 Å². The Labute approximate surface area is 265 Å². The SMILES string of the molecule is C[n+]1c(/C=C/c2c[nH]c3ccccc23)cc(/C=C2\Sc3ccccc3N2CCCN2CCC(C(F)(F)F)CC2)c2ccccc21. The van der Waals surface area contributed by atoms with Crippen LogP contribution in [0.25, 0.3) is 40.0 Å². The summed E-state index contributed by atoms with van der Waals surface area (Å²) in [6.45, 7) is 2.63. The van der Waals surface area contributed by atoms with Crippen molar-refractivity contribution in [1.82, 2.24) is 9.88 Å². The maximum Gasteiger partial charge on any atom is 0.391 e. The second-order valence-corrected chi connectivity index (χ2v) is 13.0. The molecule has 4 heterocycles. The molecule has 2 aliphatic rings. The first-order valence-corrected chi connectivity index (χ1v) is 16.4. The number of hydrogen-bond donors (Lipinski definition) is 1. The topological polar surface area (TPSA) is 26.1 Å². The van der Waals surface area contributed by atoms with Gasteiger partial charge in [0.15, 0.2) is 0 Å². The fourth-order valence-corrected chi connectivity index (χ4v) is 7.77. The standard InChI is InChI=1S/C37H35F3N4S/c1-42-29(16-15-26-25-41-32-11-4-2-9-30(26)32)23-27(31-10-3-5-12-33(31)42)24-36-44(34-13-6-7-14-35(34)45-36)20-8-19-43-21-17-28(18-22-43)37(38,39)40/h2-7,9-16,23-25,28H,8,17-22H2,1H3/p+1/b36-24-. The number of nitrogens with zero attached hydrogens (tertiary/aromatic N) is 3. The van der Waals surface area contributed by atoms with Crippen molar-refractivity contribution >= 4 is 57.5 Å². The number of aryl methyl sites for hydroxylation is 1. The van der Waals surface area contributed by atoms with E-state index >= 15 is 0 Å². The molecule has 5 aromatic rings. The molecule has 230 valence electrons. The summed E-state index contributed by atoms with van der Waals surface area (Å²) in [5.41, 5.74) is 6.86. The average Bonchev–Trinajstić information content (AvgIpc) is 3.62. The fraction of sp³-hybridized carbons (Fsp3) is 0.270. The highest BCUT2D eigenvalue weighted by Crippen LogP contribution is 2.47. The lowest BCUT2D eigenvalue weighted by Gasteiger charge is -2.33. The quantitative estimate of drug-likeness (QED) is 0.183. The molecule has 0 bridgehead atoms. The van der Waals surface area contributed by atoms with Gasteiger partial charge in [0.1, 0.15) is 7.05 Å². The van der Waals surface area contributed by atoms with Crippen molar-refractivity contribution in [2.45, 2.75) is 30.3 Å². The Morgan fingerprint density at radius 3 is 2.44 bits per heavy atom. The van der Waals surface area contributed by atoms with E-state index in [4.69, 9.17) is 0 Å². The lowest BCUT2D eigenvalue weighted by Crippen LogP contribution is -2.40. The molecule has 4 nitrogen and oxygen atoms in total. The van der Waals surface area contributed by atoms with Crippen LogP contribution in [-0.2, 0) is 7.05 Å². The van der Waals surface area contributed by atoms with Gasteiger partial charge in [-0.2, -0.15) is 17.7 Å². The van der Waals surface area contributed by atoms with E-state index in [2.05, 4.69) is 117 Å². The van der Waals surface area contributed by atoms with Gasteiger partial charge in [-0.05, 0) is 86.4 Å². The summed E-state index contributed by atoms with van der Waals surface area (Å²) in [6.07, 6.45) is 5.90. The van der Waals surface area contributed by atoms with Gasteiger partial charge < -0.3 is 14.8 Å². The molecule has 0 spiro atoms. The van der Waals surface area contributed by atoms with E-state index in [1.54, 1.807) is 11.8 Å². The molecular weight excluding hydrogens is 589 g/mol. The Morgan fingerprint density at radius 2 is 1.62 bits per heavy atom. The van der Waals surface area contributed by atoms with Gasteiger partial charge in [0, 0.05) is 46.7 Å². The minimum Gasteiger partial charge on any atom is -0.361 e. The predicted octanol–water partition coefficient (Wildman–Crippen LogP) is 8.89. The molecular formula is C37H36F3N4S+. The molecule has 7 rings (SSSR count). The van der Waals surface area contributed by atoms with Crippen molar-refractivity contribution in [2.75, 3.05) is 31.1 Å². The third-order valence-electron chi connectivity index (χ3n) is 9.14. The first-order valence-electron chi connectivity index (χ1n) is 15.6. The normalized spacial score (nSPS) is 17.3. The van der Waals surface area contributed by atoms with Crippen LogP contribution in [0.3, 0.4) is 0 Å². The molecule has 0 radical (unpaired) electrons. The van der Waals surface area contributed by atoms with Gasteiger partial charge in [-0.1, -0.05) is 54.2 Å². The Bertz CT molecular complexity index is 1900. The number of halogens is 3. The zero-order valence-corrected chi connectivity index (χ0v) is 26.0. The number of fused-ring (bicyclic) bond motifs is 3. The molecule has 0 atom stereocenters. The lowest BCUT2D eigenvalue weighted by molar-refractivity contribution is -0.646. The zero-order chi connectivity index (χ0) is 31.0. The predicted molar refractivity (Wildman–Crippen MR) is 180 cm³/mol. The van der Waals surface area contributed by atoms with Crippen molar-refractivity contribution in [2.24, 2.45) is 13.0 Å². The van der Waals surface area contributed by atoms with Crippen LogP contribution in [-0.4, -0.2) is 42.2 Å². The van der Waals surface area contributed by atoms with Gasteiger partial charge in [-0.3, -0.25) is 0 Å². The summed E-state index contributed by atoms with van der Waals surface area (Å²) in [4.78, 5) is 9.16. The second kappa shape index (κ2) is 12.4. The number of nitrogens with one attached hydrogen (secondary N) is 1. The number of thioether (sulfide) groups is 1. The highest BCUT2D eigenvalue weighted by molar-refractivity contribution is 8.03. The van der Waals surface area contributed by atoms with Crippen LogP contribution in [0.1, 0.15) is 36.1 Å². The van der Waals surface area contributed by atoms with Crippen LogP contribution in [0.5, 0.6) is 0 Å². The zero-order valence-electron chi connectivity index (χ0n) is 25.2. The Morgan fingerprint density at radius 1 is 0.889 bits per heavy atom. The van der Waals surface area contributed by atoms with E-state index in [0.717, 1.165) is 52.4 Å². The summed E-state index contributed by atoms with van der Waals surface area (Å²) < 4.78 is 41.7. The van der Waals surface area contributed by atoms with Crippen molar-refractivity contribution in [3.63, 3.8) is 0 Å². The van der Waals surface area contributed by atoms with Crippen LogP contribution in [0.2, 0.25) is 0 Å². The van der Waals surface area contributed by atoms with E-state index in [9.17, 15) is 13.2 Å². The number of H-pyrrole nitrogens is 1. The van der Waals surface area contributed by atoms with Gasteiger partial charge >= 0.3 is 6.18 Å². The summed E-state index contributed by atoms with van der Waals surface area (Å²) >= 11 is 1.78. The van der Waals surface area contributed by atoms with E-state index in [-0.39, 0.29) is 12.8 Å². The minimum atomic E-state index is -4.08. The number of aromatic nitrogens is 2. The molecule has 0 aliphatic carbocycles. The van der Waals surface area contributed by atoms with Crippen LogP contribution >= 0.6 is 11.8 Å². The molecule has 1 fully saturated rings. The number of para-hydroxylation sites is 3. The van der Waals surface area contributed by atoms with Crippen LogP contribution in [0, 0.1) is 5.92 Å². The monoisotopic (exact) mass is 625 g/mol. The van der Waals surface area contributed by atoms with Crippen molar-refractivity contribution in [3.05, 3.63) is 107 Å². The van der Waals surface area contributed by atoms with Crippen molar-refractivity contribution in [1.29, 1.82) is 0 Å². The summed E-state index contributed by atoms with van der Waals surface area (Å²) in [5.74, 6) is -1.16. The Balaban J connectivity index is 1.17. The average molecular weight is 626 g/mol. The molecule has 0 amide bonds. The van der Waals surface area contributed by atoms with Crippen molar-refractivity contribution in [3.8, 4) is 0 Å². The number of alkyl halides is 3. The molecule has 2 aliphatic heterocycles. The Kier molecular flexibility index (Phi) is 8.19. The first kappa shape index (κ1) is 29.7. The summed E-state index contributed by atoms with van der Waals surface area (Å²) in [5, 5.41) is 3.54. The van der Waals surface area contributed by atoms with E-state index in [1.807, 2.05) is 12.3 Å². The fourth-order valence-electron chi connectivity index (χ4n) is 6.63. The minimum absolute atomic E-state index is 0.201. The van der Waals surface area contributed by atoms with Gasteiger partial charge in [-0.15, -0.1) is 0 Å². The summed E-state index contributed by atoms with van der Waals surface area (Å²) in [7, 11) is 2.11. The van der Waals surface area contributed by atoms with Gasteiger partial charge in [0.25, 0.3) is 0 Å². The Hall–Kier alpha value is -4.01. The molecule has 3 aromatic carbocycles. The number of hydrogen-bond acceptors (Lipinski definition) is 3. The van der Waals surface area contributed by atoms with Crippen LogP contribution in [0.15, 0.2) is 95.0 Å². The second-order valence-electron chi connectivity index (χ2n) is 11.9. The number of anilines is 1. The molecule has 1 saturated heterocycles. The van der Waals surface area contributed by atoms with Gasteiger partial charge in [0.05, 0.1) is 22.0 Å². The van der Waals surface area contributed by atoms with Gasteiger partial charge in [0.2, 0.25) is 11.2 Å². The largest absolute Gasteiger partial charge is 0.391 e. The number of benzene rings is 3. The highest BCUT2D eigenvalue weighted by atomic mass is 32.2. The number of pyridine rings is 1. The number of aromatic amines is 1. The van der Waals surface area contributed by atoms with E-state index in [1.165, 1.54) is 21.4 Å². The number of rotatable bonds is 7. The first-order chi connectivity index (χ1) is 21.8. The van der Waals surface area contributed by atoms with Crippen LogP contribution in [0.4, 0.5) is 18.9 Å². The maximum atomic E-state index is 13.2. The highest BCUT2D eigenvalue weighted by Gasteiger charge is 2.41. The lowest BCUT2D eigenvalue weighted by atomic mass is 9.96. The van der Waals surface area contributed by atoms with Crippen molar-refractivity contribution < 1.29 is 17.7 Å².